The second kappa shape index (κ2) is 4.59. The van der Waals surface area contributed by atoms with Crippen molar-refractivity contribution in [3.8, 4) is 0 Å². The van der Waals surface area contributed by atoms with Crippen LogP contribution in [0.15, 0.2) is 0 Å². The second-order valence-electron chi connectivity index (χ2n) is 5.86. The molecule has 0 amide bonds. The van der Waals surface area contributed by atoms with Gasteiger partial charge >= 0.3 is 5.30 Å². The fourth-order valence-electron chi connectivity index (χ4n) is 4.00. The van der Waals surface area contributed by atoms with Crippen LogP contribution in [0.5, 0.6) is 0 Å². The molecule has 0 spiro atoms. The topological polar surface area (TPSA) is 26.3 Å². The summed E-state index contributed by atoms with van der Waals surface area (Å²) in [5, 5.41) is -0.408. The van der Waals surface area contributed by atoms with E-state index in [4.69, 9.17) is 4.74 Å². The van der Waals surface area contributed by atoms with E-state index in [1.165, 1.54) is 19.3 Å². The van der Waals surface area contributed by atoms with E-state index >= 15 is 0 Å². The smallest absolute Gasteiger partial charge is 0.364 e. The van der Waals surface area contributed by atoms with E-state index in [0.717, 1.165) is 37.0 Å². The molecule has 2 aliphatic rings. The monoisotopic (exact) mass is 242 g/mol. The van der Waals surface area contributed by atoms with Gasteiger partial charge in [0.15, 0.2) is 0 Å². The average molecular weight is 242 g/mol. The first kappa shape index (κ1) is 12.3. The molecule has 2 fully saturated rings. The molecule has 0 heterocycles. The fourth-order valence-corrected chi connectivity index (χ4v) is 4.19. The number of rotatable bonds is 2. The standard InChI is InChI=1S/C13H22O2S/c1-3-13(15-12(14)16)7-10-4-9(2)5-11(6-10)8-13/h9-11H,3-8H2,1-2H3,(H,14,16). The van der Waals surface area contributed by atoms with E-state index in [0.29, 0.717) is 0 Å². The highest BCUT2D eigenvalue weighted by atomic mass is 32.1. The van der Waals surface area contributed by atoms with Gasteiger partial charge in [0.2, 0.25) is 0 Å². The van der Waals surface area contributed by atoms with E-state index in [9.17, 15) is 4.79 Å². The minimum absolute atomic E-state index is 0.202. The molecule has 0 radical (unpaired) electrons. The number of hydrogen-bond acceptors (Lipinski definition) is 2. The average Bonchev–Trinajstić information content (AvgIpc) is 2.14. The van der Waals surface area contributed by atoms with Crippen LogP contribution in [0.1, 0.15) is 52.4 Å². The Morgan fingerprint density at radius 3 is 2.31 bits per heavy atom. The highest BCUT2D eigenvalue weighted by Crippen LogP contribution is 2.49. The van der Waals surface area contributed by atoms with Crippen molar-refractivity contribution in [2.24, 2.45) is 17.8 Å². The molecule has 2 nitrogen and oxygen atoms in total. The van der Waals surface area contributed by atoms with Gasteiger partial charge in [-0.15, -0.1) is 0 Å². The molecule has 0 aliphatic heterocycles. The van der Waals surface area contributed by atoms with E-state index in [1.807, 2.05) is 0 Å². The van der Waals surface area contributed by atoms with Crippen LogP contribution >= 0.6 is 12.6 Å². The number of ether oxygens (including phenoxy) is 1. The zero-order valence-corrected chi connectivity index (χ0v) is 11.1. The summed E-state index contributed by atoms with van der Waals surface area (Å²) in [6.07, 6.45) is 6.99. The van der Waals surface area contributed by atoms with Gasteiger partial charge in [-0.2, -0.15) is 0 Å². The Morgan fingerprint density at radius 1 is 1.31 bits per heavy atom. The lowest BCUT2D eigenvalue weighted by atomic mass is 9.63. The molecule has 0 aromatic carbocycles. The Kier molecular flexibility index (Phi) is 3.53. The van der Waals surface area contributed by atoms with Crippen LogP contribution in [0.25, 0.3) is 0 Å². The molecule has 2 bridgehead atoms. The van der Waals surface area contributed by atoms with Crippen molar-refractivity contribution in [2.75, 3.05) is 0 Å². The highest BCUT2D eigenvalue weighted by molar-refractivity contribution is 7.96. The molecule has 2 saturated carbocycles. The third-order valence-electron chi connectivity index (χ3n) is 4.41. The molecule has 0 N–H and O–H groups in total. The van der Waals surface area contributed by atoms with Crippen molar-refractivity contribution in [3.05, 3.63) is 0 Å². The van der Waals surface area contributed by atoms with Crippen molar-refractivity contribution >= 4 is 17.9 Å². The Balaban J connectivity index is 2.09. The van der Waals surface area contributed by atoms with Gasteiger partial charge in [-0.05, 0) is 56.3 Å². The summed E-state index contributed by atoms with van der Waals surface area (Å²) in [6, 6.07) is 0. The predicted octanol–water partition coefficient (Wildman–Crippen LogP) is 4.05. The fraction of sp³-hybridized carbons (Fsp3) is 0.923. The van der Waals surface area contributed by atoms with Crippen molar-refractivity contribution < 1.29 is 9.53 Å². The van der Waals surface area contributed by atoms with Gasteiger partial charge in [-0.25, -0.2) is 4.79 Å². The van der Waals surface area contributed by atoms with Gasteiger partial charge < -0.3 is 4.74 Å². The van der Waals surface area contributed by atoms with Gasteiger partial charge in [0.05, 0.1) is 0 Å². The summed E-state index contributed by atoms with van der Waals surface area (Å²) in [7, 11) is 0. The second-order valence-corrected chi connectivity index (χ2v) is 6.22. The number of thiol groups is 1. The first-order valence-corrected chi connectivity index (χ1v) is 6.89. The van der Waals surface area contributed by atoms with Crippen molar-refractivity contribution in [3.63, 3.8) is 0 Å². The Morgan fingerprint density at radius 2 is 1.88 bits per heavy atom. The molecular formula is C13H22O2S. The van der Waals surface area contributed by atoms with E-state index in [2.05, 4.69) is 26.5 Å². The van der Waals surface area contributed by atoms with Crippen LogP contribution in [0.3, 0.4) is 0 Å². The molecule has 16 heavy (non-hydrogen) atoms. The summed E-state index contributed by atoms with van der Waals surface area (Å²) in [4.78, 5) is 11.1. The lowest BCUT2D eigenvalue weighted by molar-refractivity contribution is -0.0615. The number of hydrogen-bond donors (Lipinski definition) is 1. The molecule has 2 rings (SSSR count). The molecule has 2 unspecified atom stereocenters. The van der Waals surface area contributed by atoms with Crippen LogP contribution in [0, 0.1) is 17.8 Å². The summed E-state index contributed by atoms with van der Waals surface area (Å²) in [5.74, 6) is 2.37. The SMILES string of the molecule is CCC1(OC(=O)S)CC2CC(C)CC(C2)C1. The first-order chi connectivity index (χ1) is 7.53. The summed E-state index contributed by atoms with van der Waals surface area (Å²) in [6.45, 7) is 4.48. The molecule has 2 aliphatic carbocycles. The molecule has 0 aromatic heterocycles. The van der Waals surface area contributed by atoms with Crippen LogP contribution in [0.4, 0.5) is 4.79 Å². The number of fused-ring (bicyclic) bond motifs is 2. The van der Waals surface area contributed by atoms with Crippen molar-refractivity contribution in [1.29, 1.82) is 0 Å². The van der Waals surface area contributed by atoms with E-state index in [1.54, 1.807) is 0 Å². The van der Waals surface area contributed by atoms with Gasteiger partial charge in [-0.1, -0.05) is 26.5 Å². The lowest BCUT2D eigenvalue weighted by Crippen LogP contribution is -2.44. The van der Waals surface area contributed by atoms with E-state index < -0.39 is 5.30 Å². The van der Waals surface area contributed by atoms with Gasteiger partial charge in [0, 0.05) is 0 Å². The number of carbonyl (C=O) groups is 1. The van der Waals surface area contributed by atoms with Crippen molar-refractivity contribution in [2.45, 2.75) is 58.0 Å². The summed E-state index contributed by atoms with van der Waals surface area (Å²) in [5.41, 5.74) is -0.202. The maximum atomic E-state index is 11.1. The van der Waals surface area contributed by atoms with Crippen LogP contribution < -0.4 is 0 Å². The molecule has 2 atom stereocenters. The minimum atomic E-state index is -0.408. The Hall–Kier alpha value is -0.180. The quantitative estimate of drug-likeness (QED) is 0.584. The van der Waals surface area contributed by atoms with Crippen molar-refractivity contribution in [1.82, 2.24) is 0 Å². The van der Waals surface area contributed by atoms with Gasteiger partial charge in [-0.3, -0.25) is 0 Å². The minimum Gasteiger partial charge on any atom is -0.451 e. The lowest BCUT2D eigenvalue weighted by Gasteiger charge is -2.47. The zero-order chi connectivity index (χ0) is 11.8. The molecule has 0 aromatic rings. The van der Waals surface area contributed by atoms with E-state index in [-0.39, 0.29) is 5.60 Å². The maximum Gasteiger partial charge on any atom is 0.364 e. The first-order valence-electron chi connectivity index (χ1n) is 6.45. The maximum absolute atomic E-state index is 11.1. The van der Waals surface area contributed by atoms with Crippen LogP contribution in [-0.4, -0.2) is 10.9 Å². The zero-order valence-electron chi connectivity index (χ0n) is 10.2. The summed E-state index contributed by atoms with van der Waals surface area (Å²) >= 11 is 3.78. The predicted molar refractivity (Wildman–Crippen MR) is 67.7 cm³/mol. The molecule has 0 saturated heterocycles. The number of carbonyl (C=O) groups excluding carboxylic acids is 1. The third-order valence-corrected chi connectivity index (χ3v) is 4.50. The van der Waals surface area contributed by atoms with Crippen LogP contribution in [0.2, 0.25) is 0 Å². The Bertz CT molecular complexity index is 259. The van der Waals surface area contributed by atoms with Gasteiger partial charge in [0.25, 0.3) is 0 Å². The third kappa shape index (κ3) is 2.55. The largest absolute Gasteiger partial charge is 0.451 e. The van der Waals surface area contributed by atoms with Crippen LogP contribution in [-0.2, 0) is 4.74 Å². The molecular weight excluding hydrogens is 220 g/mol. The Labute approximate surface area is 104 Å². The summed E-state index contributed by atoms with van der Waals surface area (Å²) < 4.78 is 5.52. The normalized spacial score (nSPS) is 42.8. The van der Waals surface area contributed by atoms with Gasteiger partial charge in [0.1, 0.15) is 5.60 Å². The molecule has 92 valence electrons. The molecule has 3 heteroatoms. The highest BCUT2D eigenvalue weighted by Gasteiger charge is 2.44.